The Hall–Kier alpha value is -1.10. The lowest BCUT2D eigenvalue weighted by molar-refractivity contribution is -1.01. The molecule has 1 fully saturated rings. The molecule has 0 bridgehead atoms. The second kappa shape index (κ2) is 8.51. The minimum atomic E-state index is -0.386. The molecule has 0 radical (unpaired) electrons. The molecular formula is C18H32N2O2+2. The fourth-order valence-corrected chi connectivity index (χ4v) is 3.05. The van der Waals surface area contributed by atoms with Gasteiger partial charge in [-0.25, -0.2) is 0 Å². The smallest absolute Gasteiger partial charge is 0.137 e. The van der Waals surface area contributed by atoms with Crippen molar-refractivity contribution in [1.82, 2.24) is 0 Å². The van der Waals surface area contributed by atoms with Crippen LogP contribution in [-0.2, 0) is 0 Å². The second-order valence-electron chi connectivity index (χ2n) is 6.75. The molecule has 1 atom stereocenters. The van der Waals surface area contributed by atoms with Crippen molar-refractivity contribution >= 4 is 0 Å². The first kappa shape index (κ1) is 17.3. The predicted molar refractivity (Wildman–Crippen MR) is 88.8 cm³/mol. The fourth-order valence-electron chi connectivity index (χ4n) is 3.05. The van der Waals surface area contributed by atoms with Crippen molar-refractivity contribution < 1.29 is 19.6 Å². The number of hydrogen-bond acceptors (Lipinski definition) is 2. The molecule has 0 spiro atoms. The van der Waals surface area contributed by atoms with Crippen LogP contribution in [0, 0.1) is 0 Å². The molecule has 1 unspecified atom stereocenters. The molecule has 2 rings (SSSR count). The van der Waals surface area contributed by atoms with Crippen LogP contribution in [0.25, 0.3) is 0 Å². The van der Waals surface area contributed by atoms with Crippen LogP contribution >= 0.6 is 0 Å². The van der Waals surface area contributed by atoms with Gasteiger partial charge < -0.3 is 19.6 Å². The average molecular weight is 308 g/mol. The minimum absolute atomic E-state index is 0.384. The van der Waals surface area contributed by atoms with Crippen LogP contribution in [0.3, 0.4) is 0 Å². The summed E-state index contributed by atoms with van der Waals surface area (Å²) in [6.45, 7) is 13.7. The molecule has 1 heterocycles. The molecule has 3 N–H and O–H groups in total. The van der Waals surface area contributed by atoms with E-state index in [0.717, 1.165) is 25.4 Å². The van der Waals surface area contributed by atoms with Gasteiger partial charge in [-0.05, 0) is 30.5 Å². The Labute approximate surface area is 134 Å². The summed E-state index contributed by atoms with van der Waals surface area (Å²) in [5, 5.41) is 10.2. The summed E-state index contributed by atoms with van der Waals surface area (Å²) < 4.78 is 5.72. The lowest BCUT2D eigenvalue weighted by atomic mass is 10.0. The van der Waals surface area contributed by atoms with Gasteiger partial charge in [0.15, 0.2) is 0 Å². The zero-order valence-electron chi connectivity index (χ0n) is 14.3. The second-order valence-corrected chi connectivity index (χ2v) is 6.75. The Morgan fingerprint density at radius 3 is 2.18 bits per heavy atom. The number of hydrogen-bond donors (Lipinski definition) is 3. The van der Waals surface area contributed by atoms with E-state index >= 15 is 0 Å². The molecule has 1 aliphatic rings. The molecule has 1 saturated heterocycles. The number of piperazine rings is 1. The Bertz CT molecular complexity index is 425. The topological polar surface area (TPSA) is 38.3 Å². The molecule has 0 aliphatic carbocycles. The summed E-state index contributed by atoms with van der Waals surface area (Å²) >= 11 is 0. The lowest BCUT2D eigenvalue weighted by Crippen LogP contribution is -3.28. The van der Waals surface area contributed by atoms with Crippen molar-refractivity contribution in [1.29, 1.82) is 0 Å². The fraction of sp³-hybridized carbons (Fsp3) is 0.667. The third-order valence-corrected chi connectivity index (χ3v) is 4.68. The molecule has 0 aromatic heterocycles. The van der Waals surface area contributed by atoms with E-state index < -0.39 is 0 Å². The number of quaternary nitrogens is 2. The highest BCUT2D eigenvalue weighted by molar-refractivity contribution is 5.28. The largest absolute Gasteiger partial charge is 0.491 e. The average Bonchev–Trinajstić information content (AvgIpc) is 2.54. The van der Waals surface area contributed by atoms with Crippen molar-refractivity contribution in [3.63, 3.8) is 0 Å². The van der Waals surface area contributed by atoms with Crippen molar-refractivity contribution in [3.05, 3.63) is 29.8 Å². The van der Waals surface area contributed by atoms with Gasteiger partial charge in [-0.1, -0.05) is 26.0 Å². The van der Waals surface area contributed by atoms with E-state index in [4.69, 9.17) is 4.74 Å². The number of likely N-dealkylation sites (N-methyl/N-ethyl adjacent to an activating group) is 1. The van der Waals surface area contributed by atoms with Crippen LogP contribution in [0.5, 0.6) is 5.75 Å². The molecule has 0 saturated carbocycles. The van der Waals surface area contributed by atoms with Gasteiger partial charge in [-0.3, -0.25) is 0 Å². The Balaban J connectivity index is 1.70. The molecule has 22 heavy (non-hydrogen) atoms. The SMILES string of the molecule is CC[NH+]1CC[NH+](CC(O)COc2ccc(C(C)C)cc2)CC1. The van der Waals surface area contributed by atoms with E-state index in [0.29, 0.717) is 12.5 Å². The van der Waals surface area contributed by atoms with E-state index in [1.807, 2.05) is 12.1 Å². The summed E-state index contributed by atoms with van der Waals surface area (Å²) in [7, 11) is 0. The standard InChI is InChI=1S/C18H30N2O2/c1-4-19-9-11-20(12-10-19)13-17(21)14-22-18-7-5-16(6-8-18)15(2)3/h5-8,15,17,21H,4,9-14H2,1-3H3/p+2. The van der Waals surface area contributed by atoms with E-state index in [9.17, 15) is 5.11 Å². The number of aliphatic hydroxyl groups excluding tert-OH is 1. The van der Waals surface area contributed by atoms with Gasteiger partial charge in [0.05, 0.1) is 6.54 Å². The third kappa shape index (κ3) is 5.27. The Morgan fingerprint density at radius 2 is 1.64 bits per heavy atom. The third-order valence-electron chi connectivity index (χ3n) is 4.68. The highest BCUT2D eigenvalue weighted by Crippen LogP contribution is 2.18. The highest BCUT2D eigenvalue weighted by Gasteiger charge is 2.23. The van der Waals surface area contributed by atoms with Gasteiger partial charge >= 0.3 is 0 Å². The van der Waals surface area contributed by atoms with Crippen LogP contribution in [0.15, 0.2) is 24.3 Å². The molecule has 1 aliphatic heterocycles. The summed E-state index contributed by atoms with van der Waals surface area (Å²) in [5.74, 6) is 1.38. The van der Waals surface area contributed by atoms with E-state index in [1.165, 1.54) is 30.1 Å². The number of rotatable bonds is 7. The number of ether oxygens (including phenoxy) is 1. The minimum Gasteiger partial charge on any atom is -0.491 e. The maximum absolute atomic E-state index is 10.2. The maximum Gasteiger partial charge on any atom is 0.137 e. The lowest BCUT2D eigenvalue weighted by Gasteiger charge is -2.30. The molecule has 0 amide bonds. The maximum atomic E-state index is 10.2. The normalized spacial score (nSPS) is 23.5. The number of aliphatic hydroxyl groups is 1. The number of benzene rings is 1. The van der Waals surface area contributed by atoms with Gasteiger partial charge in [-0.15, -0.1) is 0 Å². The zero-order chi connectivity index (χ0) is 15.9. The zero-order valence-corrected chi connectivity index (χ0v) is 14.3. The summed E-state index contributed by atoms with van der Waals surface area (Å²) in [4.78, 5) is 3.18. The van der Waals surface area contributed by atoms with Crippen LogP contribution < -0.4 is 14.5 Å². The van der Waals surface area contributed by atoms with Crippen LogP contribution in [0.2, 0.25) is 0 Å². The van der Waals surface area contributed by atoms with Crippen LogP contribution in [-0.4, -0.2) is 57.1 Å². The highest BCUT2D eigenvalue weighted by atomic mass is 16.5. The van der Waals surface area contributed by atoms with Crippen molar-refractivity contribution in [3.8, 4) is 5.75 Å². The van der Waals surface area contributed by atoms with Gasteiger partial charge in [-0.2, -0.15) is 0 Å². The van der Waals surface area contributed by atoms with Crippen LogP contribution in [0.1, 0.15) is 32.3 Å². The van der Waals surface area contributed by atoms with Gasteiger partial charge in [0.1, 0.15) is 51.2 Å². The molecule has 4 nitrogen and oxygen atoms in total. The molecule has 1 aromatic carbocycles. The molecule has 4 heteroatoms. The van der Waals surface area contributed by atoms with E-state index in [-0.39, 0.29) is 6.10 Å². The van der Waals surface area contributed by atoms with Gasteiger partial charge in [0, 0.05) is 0 Å². The first-order valence-electron chi connectivity index (χ1n) is 8.66. The summed E-state index contributed by atoms with van der Waals surface area (Å²) in [6, 6.07) is 8.20. The van der Waals surface area contributed by atoms with Gasteiger partial charge in [0.2, 0.25) is 0 Å². The summed E-state index contributed by atoms with van der Waals surface area (Å²) in [5.41, 5.74) is 1.31. The molecule has 124 valence electrons. The van der Waals surface area contributed by atoms with Crippen molar-refractivity contribution in [2.24, 2.45) is 0 Å². The first-order chi connectivity index (χ1) is 10.6. The predicted octanol–water partition coefficient (Wildman–Crippen LogP) is -0.647. The quantitative estimate of drug-likeness (QED) is 0.626. The van der Waals surface area contributed by atoms with Crippen molar-refractivity contribution in [2.75, 3.05) is 45.9 Å². The van der Waals surface area contributed by atoms with Crippen LogP contribution in [0.4, 0.5) is 0 Å². The van der Waals surface area contributed by atoms with Gasteiger partial charge in [0.25, 0.3) is 0 Å². The molecular weight excluding hydrogens is 276 g/mol. The van der Waals surface area contributed by atoms with E-state index in [2.05, 4.69) is 32.9 Å². The Kier molecular flexibility index (Phi) is 6.68. The Morgan fingerprint density at radius 1 is 1.05 bits per heavy atom. The first-order valence-corrected chi connectivity index (χ1v) is 8.66. The van der Waals surface area contributed by atoms with Crippen molar-refractivity contribution in [2.45, 2.75) is 32.8 Å². The summed E-state index contributed by atoms with van der Waals surface area (Å²) in [6.07, 6.45) is -0.386. The monoisotopic (exact) mass is 308 g/mol. The number of nitrogens with one attached hydrogen (secondary N) is 2. The molecule has 1 aromatic rings. The van der Waals surface area contributed by atoms with E-state index in [1.54, 1.807) is 4.90 Å².